The lowest BCUT2D eigenvalue weighted by molar-refractivity contribution is 0.0446. The lowest BCUT2D eigenvalue weighted by Crippen LogP contribution is -2.46. The summed E-state index contributed by atoms with van der Waals surface area (Å²) in [7, 11) is 0. The number of carbonyl (C=O) groups is 1. The Morgan fingerprint density at radius 3 is 2.38 bits per heavy atom. The number of hydrogen-bond donors (Lipinski definition) is 2. The molecule has 0 aliphatic heterocycles. The Bertz CT molecular complexity index is 663. The fraction of sp³-hybridized carbons (Fsp3) is 0.350. The van der Waals surface area contributed by atoms with E-state index >= 15 is 0 Å². The molecule has 0 aliphatic rings. The number of aryl methyl sites for hydroxylation is 1. The van der Waals surface area contributed by atoms with Gasteiger partial charge < -0.3 is 15.3 Å². The van der Waals surface area contributed by atoms with Gasteiger partial charge in [0, 0.05) is 13.1 Å². The van der Waals surface area contributed by atoms with Gasteiger partial charge in [-0.1, -0.05) is 60.2 Å². The van der Waals surface area contributed by atoms with Gasteiger partial charge >= 0.3 is 6.03 Å². The predicted octanol–water partition coefficient (Wildman–Crippen LogP) is 3.48. The number of nitrogens with zero attached hydrogens (tertiary/aromatic N) is 1. The molecular formula is C20H26N2O2. The van der Waals surface area contributed by atoms with E-state index in [0.29, 0.717) is 13.1 Å². The van der Waals surface area contributed by atoms with Crippen molar-refractivity contribution < 1.29 is 9.90 Å². The summed E-state index contributed by atoms with van der Waals surface area (Å²) in [5, 5.41) is 13.1. The number of nitrogens with one attached hydrogen (secondary N) is 1. The number of urea groups is 1. The van der Waals surface area contributed by atoms with Gasteiger partial charge in [0.1, 0.15) is 0 Å². The zero-order valence-electron chi connectivity index (χ0n) is 14.6. The van der Waals surface area contributed by atoms with Crippen molar-refractivity contribution in [3.8, 4) is 0 Å². The second-order valence-corrected chi connectivity index (χ2v) is 6.80. The molecule has 0 fully saturated rings. The van der Waals surface area contributed by atoms with E-state index in [1.165, 1.54) is 5.56 Å². The van der Waals surface area contributed by atoms with Gasteiger partial charge in [0.15, 0.2) is 0 Å². The summed E-state index contributed by atoms with van der Waals surface area (Å²) in [6, 6.07) is 17.7. The third-order valence-electron chi connectivity index (χ3n) is 3.61. The quantitative estimate of drug-likeness (QED) is 0.854. The van der Waals surface area contributed by atoms with Crippen LogP contribution in [0.15, 0.2) is 54.6 Å². The molecule has 0 unspecified atom stereocenters. The molecule has 0 aromatic heterocycles. The summed E-state index contributed by atoms with van der Waals surface area (Å²) in [4.78, 5) is 14.2. The number of aliphatic hydroxyl groups is 1. The number of hydrogen-bond acceptors (Lipinski definition) is 2. The molecule has 2 N–H and O–H groups in total. The first-order valence-corrected chi connectivity index (χ1v) is 8.18. The van der Waals surface area contributed by atoms with Crippen molar-refractivity contribution >= 4 is 6.03 Å². The maximum absolute atomic E-state index is 12.6. The molecule has 24 heavy (non-hydrogen) atoms. The van der Waals surface area contributed by atoms with Gasteiger partial charge in [0.05, 0.1) is 12.1 Å². The van der Waals surface area contributed by atoms with Crippen LogP contribution >= 0.6 is 0 Å². The summed E-state index contributed by atoms with van der Waals surface area (Å²) in [6.45, 7) is 6.64. The first-order chi connectivity index (χ1) is 11.3. The minimum absolute atomic E-state index is 0.178. The van der Waals surface area contributed by atoms with Gasteiger partial charge in [-0.05, 0) is 31.9 Å². The topological polar surface area (TPSA) is 52.6 Å². The van der Waals surface area contributed by atoms with Crippen molar-refractivity contribution in [3.63, 3.8) is 0 Å². The van der Waals surface area contributed by atoms with Crippen LogP contribution in [0.5, 0.6) is 0 Å². The fourth-order valence-electron chi connectivity index (χ4n) is 2.58. The number of rotatable bonds is 6. The third-order valence-corrected chi connectivity index (χ3v) is 3.61. The van der Waals surface area contributed by atoms with Crippen LogP contribution in [0.1, 0.15) is 30.5 Å². The Kier molecular flexibility index (Phi) is 5.99. The summed E-state index contributed by atoms with van der Waals surface area (Å²) in [6.07, 6.45) is 0. The molecule has 0 atom stereocenters. The van der Waals surface area contributed by atoms with Crippen molar-refractivity contribution in [3.05, 3.63) is 71.3 Å². The minimum Gasteiger partial charge on any atom is -0.389 e. The monoisotopic (exact) mass is 326 g/mol. The van der Waals surface area contributed by atoms with Gasteiger partial charge in [-0.3, -0.25) is 0 Å². The molecule has 0 aliphatic carbocycles. The predicted molar refractivity (Wildman–Crippen MR) is 96.6 cm³/mol. The van der Waals surface area contributed by atoms with Crippen molar-refractivity contribution in [2.24, 2.45) is 0 Å². The van der Waals surface area contributed by atoms with Gasteiger partial charge in [-0.2, -0.15) is 0 Å². The Hall–Kier alpha value is -2.33. The highest BCUT2D eigenvalue weighted by atomic mass is 16.3. The average molecular weight is 326 g/mol. The van der Waals surface area contributed by atoms with Crippen molar-refractivity contribution in [2.75, 3.05) is 6.54 Å². The molecule has 0 saturated heterocycles. The largest absolute Gasteiger partial charge is 0.389 e. The van der Waals surface area contributed by atoms with Crippen LogP contribution in [-0.2, 0) is 13.1 Å². The Morgan fingerprint density at radius 2 is 1.75 bits per heavy atom. The second-order valence-electron chi connectivity index (χ2n) is 6.80. The Labute approximate surface area is 144 Å². The van der Waals surface area contributed by atoms with Crippen molar-refractivity contribution in [1.82, 2.24) is 10.2 Å². The Balaban J connectivity index is 2.03. The lowest BCUT2D eigenvalue weighted by Gasteiger charge is -2.29. The van der Waals surface area contributed by atoms with E-state index in [9.17, 15) is 9.90 Å². The van der Waals surface area contributed by atoms with E-state index in [0.717, 1.165) is 11.1 Å². The number of amides is 2. The first kappa shape index (κ1) is 18.0. The molecular weight excluding hydrogens is 300 g/mol. The normalized spacial score (nSPS) is 11.2. The molecule has 2 aromatic rings. The van der Waals surface area contributed by atoms with Crippen LogP contribution in [0.4, 0.5) is 4.79 Å². The highest BCUT2D eigenvalue weighted by Gasteiger charge is 2.22. The number of carbonyl (C=O) groups excluding carboxylic acids is 1. The van der Waals surface area contributed by atoms with E-state index < -0.39 is 5.60 Å². The van der Waals surface area contributed by atoms with Gasteiger partial charge in [0.2, 0.25) is 0 Å². The molecule has 2 rings (SSSR count). The summed E-state index contributed by atoms with van der Waals surface area (Å²) >= 11 is 0. The van der Waals surface area contributed by atoms with Gasteiger partial charge in [-0.15, -0.1) is 0 Å². The fourth-order valence-corrected chi connectivity index (χ4v) is 2.58. The molecule has 128 valence electrons. The summed E-state index contributed by atoms with van der Waals surface area (Å²) < 4.78 is 0. The molecule has 0 saturated carbocycles. The van der Waals surface area contributed by atoms with Crippen LogP contribution in [-0.4, -0.2) is 28.2 Å². The molecule has 2 aromatic carbocycles. The number of benzene rings is 2. The van der Waals surface area contributed by atoms with Crippen LogP contribution in [0.25, 0.3) is 0 Å². The maximum atomic E-state index is 12.6. The second kappa shape index (κ2) is 7.97. The molecule has 4 heteroatoms. The van der Waals surface area contributed by atoms with Crippen LogP contribution < -0.4 is 5.32 Å². The minimum atomic E-state index is -0.949. The molecule has 0 heterocycles. The Morgan fingerprint density at radius 1 is 1.08 bits per heavy atom. The average Bonchev–Trinajstić information content (AvgIpc) is 2.52. The van der Waals surface area contributed by atoms with Gasteiger partial charge in [-0.25, -0.2) is 4.79 Å². The highest BCUT2D eigenvalue weighted by molar-refractivity contribution is 5.74. The smallest absolute Gasteiger partial charge is 0.318 e. The van der Waals surface area contributed by atoms with E-state index in [4.69, 9.17) is 0 Å². The lowest BCUT2D eigenvalue weighted by atomic mass is 10.1. The zero-order valence-corrected chi connectivity index (χ0v) is 14.6. The van der Waals surface area contributed by atoms with Crippen LogP contribution in [0.3, 0.4) is 0 Å². The first-order valence-electron chi connectivity index (χ1n) is 8.18. The van der Waals surface area contributed by atoms with Crippen LogP contribution in [0.2, 0.25) is 0 Å². The molecule has 0 radical (unpaired) electrons. The molecule has 0 spiro atoms. The maximum Gasteiger partial charge on any atom is 0.318 e. The SMILES string of the molecule is Cc1cccc(CNC(=O)N(Cc2ccccc2)CC(C)(C)O)c1. The van der Waals surface area contributed by atoms with E-state index in [1.807, 2.05) is 55.5 Å². The van der Waals surface area contributed by atoms with E-state index in [2.05, 4.69) is 11.4 Å². The summed E-state index contributed by atoms with van der Waals surface area (Å²) in [5.74, 6) is 0. The van der Waals surface area contributed by atoms with Gasteiger partial charge in [0.25, 0.3) is 0 Å². The zero-order chi connectivity index (χ0) is 17.6. The molecule has 0 bridgehead atoms. The van der Waals surface area contributed by atoms with Crippen molar-refractivity contribution in [1.29, 1.82) is 0 Å². The standard InChI is InChI=1S/C20H26N2O2/c1-16-8-7-11-18(12-16)13-21-19(23)22(15-20(2,3)24)14-17-9-5-4-6-10-17/h4-12,24H,13-15H2,1-3H3,(H,21,23). The summed E-state index contributed by atoms with van der Waals surface area (Å²) in [5.41, 5.74) is 2.31. The highest BCUT2D eigenvalue weighted by Crippen LogP contribution is 2.11. The third kappa shape index (κ3) is 6.05. The van der Waals surface area contributed by atoms with E-state index in [-0.39, 0.29) is 12.6 Å². The molecule has 2 amide bonds. The van der Waals surface area contributed by atoms with E-state index in [1.54, 1.807) is 18.7 Å². The van der Waals surface area contributed by atoms with Crippen molar-refractivity contribution in [2.45, 2.75) is 39.5 Å². The molecule has 4 nitrogen and oxygen atoms in total. The van der Waals surface area contributed by atoms with Crippen LogP contribution in [0, 0.1) is 6.92 Å².